The highest BCUT2D eigenvalue weighted by atomic mass is 32.2. The van der Waals surface area contributed by atoms with Gasteiger partial charge in [0.1, 0.15) is 5.75 Å². The van der Waals surface area contributed by atoms with Gasteiger partial charge in [0.25, 0.3) is 5.56 Å². The first kappa shape index (κ1) is 20.5. The zero-order valence-corrected chi connectivity index (χ0v) is 17.8. The number of benzene rings is 2. The van der Waals surface area contributed by atoms with E-state index in [0.717, 1.165) is 25.7 Å². The molecule has 0 aliphatic heterocycles. The molecule has 0 bridgehead atoms. The van der Waals surface area contributed by atoms with E-state index in [-0.39, 0.29) is 23.3 Å². The van der Waals surface area contributed by atoms with Gasteiger partial charge >= 0.3 is 0 Å². The Bertz CT molecular complexity index is 1110. The highest BCUT2D eigenvalue weighted by Crippen LogP contribution is 2.27. The topological polar surface area (TPSA) is 73.2 Å². The number of ether oxygens (including phenoxy) is 1. The third-order valence-corrected chi connectivity index (χ3v) is 6.31. The number of fused-ring (bicyclic) bond motifs is 1. The average Bonchev–Trinajstić information content (AvgIpc) is 2.78. The molecular weight excluding hydrogens is 398 g/mol. The zero-order chi connectivity index (χ0) is 20.9. The van der Waals surface area contributed by atoms with E-state index in [1.165, 1.54) is 18.2 Å². The Morgan fingerprint density at radius 1 is 1.13 bits per heavy atom. The summed E-state index contributed by atoms with van der Waals surface area (Å²) in [5, 5.41) is 4.12. The summed E-state index contributed by atoms with van der Waals surface area (Å²) in [5.41, 5.74) is 1.04. The molecule has 1 aliphatic rings. The summed E-state index contributed by atoms with van der Waals surface area (Å²) in [6.45, 7) is 0. The minimum Gasteiger partial charge on any atom is -0.495 e. The van der Waals surface area contributed by atoms with Crippen molar-refractivity contribution in [2.45, 2.75) is 43.3 Å². The van der Waals surface area contributed by atoms with E-state index in [0.29, 0.717) is 27.5 Å². The fraction of sp³-hybridized carbons (Fsp3) is 0.348. The molecule has 2 aromatic carbocycles. The molecule has 0 radical (unpaired) electrons. The summed E-state index contributed by atoms with van der Waals surface area (Å²) in [7, 11) is 1.57. The van der Waals surface area contributed by atoms with Crippen LogP contribution in [0.3, 0.4) is 0 Å². The maximum atomic E-state index is 13.3. The second-order valence-electron chi connectivity index (χ2n) is 7.42. The molecule has 30 heavy (non-hydrogen) atoms. The van der Waals surface area contributed by atoms with Gasteiger partial charge in [-0.3, -0.25) is 14.2 Å². The van der Waals surface area contributed by atoms with Crippen molar-refractivity contribution in [2.75, 3.05) is 12.9 Å². The van der Waals surface area contributed by atoms with Crippen molar-refractivity contribution in [3.05, 3.63) is 58.9 Å². The van der Waals surface area contributed by atoms with Gasteiger partial charge in [-0.2, -0.15) is 0 Å². The standard InChI is InChI=1S/C23H25N3O3S/c1-29-20-14-8-7-13-19(20)26-22(28)17-11-5-6-12-18(17)25-23(26)30-15-21(27)24-16-9-3-2-4-10-16/h5-8,11-14,16H,2-4,9-10,15H2,1H3,(H,24,27). The maximum absolute atomic E-state index is 13.3. The molecule has 4 rings (SSSR count). The first-order chi connectivity index (χ1) is 14.7. The van der Waals surface area contributed by atoms with Crippen LogP contribution in [0.5, 0.6) is 5.75 Å². The van der Waals surface area contributed by atoms with E-state index >= 15 is 0 Å². The highest BCUT2D eigenvalue weighted by Gasteiger charge is 2.19. The Morgan fingerprint density at radius 2 is 1.87 bits per heavy atom. The third-order valence-electron chi connectivity index (χ3n) is 5.37. The van der Waals surface area contributed by atoms with Gasteiger partial charge in [-0.05, 0) is 37.1 Å². The van der Waals surface area contributed by atoms with Crippen LogP contribution >= 0.6 is 11.8 Å². The average molecular weight is 424 g/mol. The normalized spacial score (nSPS) is 14.6. The second-order valence-corrected chi connectivity index (χ2v) is 8.36. The minimum absolute atomic E-state index is 0.0270. The van der Waals surface area contributed by atoms with Gasteiger partial charge in [0.15, 0.2) is 5.16 Å². The number of hydrogen-bond donors (Lipinski definition) is 1. The number of thioether (sulfide) groups is 1. The van der Waals surface area contributed by atoms with Gasteiger partial charge in [-0.25, -0.2) is 4.98 Å². The van der Waals surface area contributed by atoms with Crippen LogP contribution in [0.15, 0.2) is 58.5 Å². The summed E-state index contributed by atoms with van der Waals surface area (Å²) in [6.07, 6.45) is 5.65. The van der Waals surface area contributed by atoms with Crippen molar-refractivity contribution in [2.24, 2.45) is 0 Å². The lowest BCUT2D eigenvalue weighted by Gasteiger charge is -2.22. The van der Waals surface area contributed by atoms with E-state index < -0.39 is 0 Å². The molecule has 1 heterocycles. The Kier molecular flexibility index (Phi) is 6.38. The Morgan fingerprint density at radius 3 is 2.67 bits per heavy atom. The molecule has 1 aliphatic carbocycles. The van der Waals surface area contributed by atoms with Crippen molar-refractivity contribution >= 4 is 28.6 Å². The molecular formula is C23H25N3O3S. The molecule has 1 aromatic heterocycles. The van der Waals surface area contributed by atoms with Crippen molar-refractivity contribution in [1.82, 2.24) is 14.9 Å². The van der Waals surface area contributed by atoms with E-state index in [4.69, 9.17) is 9.72 Å². The van der Waals surface area contributed by atoms with Crippen LogP contribution in [0.25, 0.3) is 16.6 Å². The molecule has 0 atom stereocenters. The number of carbonyl (C=O) groups excluding carboxylic acids is 1. The van der Waals surface area contributed by atoms with Crippen LogP contribution in [0.2, 0.25) is 0 Å². The molecule has 0 unspecified atom stereocenters. The lowest BCUT2D eigenvalue weighted by molar-refractivity contribution is -0.119. The summed E-state index contributed by atoms with van der Waals surface area (Å²) in [6, 6.07) is 14.8. The van der Waals surface area contributed by atoms with E-state index in [9.17, 15) is 9.59 Å². The number of nitrogens with one attached hydrogen (secondary N) is 1. The molecule has 7 heteroatoms. The van der Waals surface area contributed by atoms with Crippen LogP contribution in [-0.2, 0) is 4.79 Å². The maximum Gasteiger partial charge on any atom is 0.266 e. The highest BCUT2D eigenvalue weighted by molar-refractivity contribution is 7.99. The van der Waals surface area contributed by atoms with E-state index in [1.54, 1.807) is 23.8 Å². The molecule has 156 valence electrons. The third kappa shape index (κ3) is 4.36. The summed E-state index contributed by atoms with van der Waals surface area (Å²) in [4.78, 5) is 30.6. The SMILES string of the molecule is COc1ccccc1-n1c(SCC(=O)NC2CCCCC2)nc2ccccc2c1=O. The lowest BCUT2D eigenvalue weighted by atomic mass is 9.95. The number of amides is 1. The molecule has 0 saturated heterocycles. The smallest absolute Gasteiger partial charge is 0.266 e. The second kappa shape index (κ2) is 9.34. The van der Waals surface area contributed by atoms with Crippen molar-refractivity contribution < 1.29 is 9.53 Å². The summed E-state index contributed by atoms with van der Waals surface area (Å²) < 4.78 is 7.01. The first-order valence-corrected chi connectivity index (χ1v) is 11.2. The van der Waals surface area contributed by atoms with Crippen LogP contribution in [0.4, 0.5) is 0 Å². The Labute approximate surface area is 179 Å². The molecule has 1 amide bonds. The van der Waals surface area contributed by atoms with Gasteiger partial charge in [0.05, 0.1) is 29.5 Å². The molecule has 1 saturated carbocycles. The van der Waals surface area contributed by atoms with Gasteiger partial charge in [0, 0.05) is 6.04 Å². The number of aromatic nitrogens is 2. The van der Waals surface area contributed by atoms with E-state index in [1.807, 2.05) is 36.4 Å². The van der Waals surface area contributed by atoms with Crippen LogP contribution in [-0.4, -0.2) is 34.4 Å². The van der Waals surface area contributed by atoms with Crippen molar-refractivity contribution in [3.8, 4) is 11.4 Å². The fourth-order valence-electron chi connectivity index (χ4n) is 3.88. The lowest BCUT2D eigenvalue weighted by Crippen LogP contribution is -2.37. The number of nitrogens with zero attached hydrogens (tertiary/aromatic N) is 2. The largest absolute Gasteiger partial charge is 0.495 e. The van der Waals surface area contributed by atoms with Crippen LogP contribution in [0, 0.1) is 0 Å². The quantitative estimate of drug-likeness (QED) is 0.480. The van der Waals surface area contributed by atoms with Crippen LogP contribution < -0.4 is 15.6 Å². The Balaban J connectivity index is 1.67. The predicted molar refractivity (Wildman–Crippen MR) is 120 cm³/mol. The molecule has 6 nitrogen and oxygen atoms in total. The van der Waals surface area contributed by atoms with Crippen molar-refractivity contribution in [1.29, 1.82) is 0 Å². The van der Waals surface area contributed by atoms with Gasteiger partial charge in [0.2, 0.25) is 5.91 Å². The van der Waals surface area contributed by atoms with Gasteiger partial charge in [-0.15, -0.1) is 0 Å². The van der Waals surface area contributed by atoms with Crippen molar-refractivity contribution in [3.63, 3.8) is 0 Å². The number of methoxy groups -OCH3 is 1. The summed E-state index contributed by atoms with van der Waals surface area (Å²) in [5.74, 6) is 0.752. The molecule has 0 spiro atoms. The number of rotatable bonds is 6. The first-order valence-electron chi connectivity index (χ1n) is 10.2. The monoisotopic (exact) mass is 423 g/mol. The number of carbonyl (C=O) groups is 1. The van der Waals surface area contributed by atoms with Gasteiger partial charge in [-0.1, -0.05) is 55.3 Å². The summed E-state index contributed by atoms with van der Waals surface area (Å²) >= 11 is 1.27. The van der Waals surface area contributed by atoms with Crippen LogP contribution in [0.1, 0.15) is 32.1 Å². The Hall–Kier alpha value is -2.80. The fourth-order valence-corrected chi connectivity index (χ4v) is 4.70. The van der Waals surface area contributed by atoms with E-state index in [2.05, 4.69) is 5.32 Å². The molecule has 1 N–H and O–H groups in total. The van der Waals surface area contributed by atoms with Gasteiger partial charge < -0.3 is 10.1 Å². The number of para-hydroxylation sites is 3. The predicted octanol–water partition coefficient (Wildman–Crippen LogP) is 3.94. The minimum atomic E-state index is -0.180. The molecule has 1 fully saturated rings. The number of hydrogen-bond acceptors (Lipinski definition) is 5. The zero-order valence-electron chi connectivity index (χ0n) is 17.0. The molecule has 3 aromatic rings.